The molecule has 4 heteroatoms. The van der Waals surface area contributed by atoms with E-state index in [-0.39, 0.29) is 5.78 Å². The van der Waals surface area contributed by atoms with Gasteiger partial charge in [-0.1, -0.05) is 43.5 Å². The molecule has 106 valence electrons. The van der Waals surface area contributed by atoms with E-state index in [2.05, 4.69) is 6.92 Å². The Bertz CT molecular complexity index is 606. The lowest BCUT2D eigenvalue weighted by Gasteiger charge is -2.02. The van der Waals surface area contributed by atoms with Gasteiger partial charge in [0.2, 0.25) is 0 Å². The van der Waals surface area contributed by atoms with E-state index in [0.717, 1.165) is 12.8 Å². The van der Waals surface area contributed by atoms with Gasteiger partial charge >= 0.3 is 0 Å². The van der Waals surface area contributed by atoms with Crippen LogP contribution in [-0.2, 0) is 6.42 Å². The SMILES string of the molecule is CCCCCc1cc(C(=O)c2ccccc2Cl)c(N)s1. The second-order valence-electron chi connectivity index (χ2n) is 4.76. The van der Waals surface area contributed by atoms with Crippen molar-refractivity contribution in [2.24, 2.45) is 0 Å². The van der Waals surface area contributed by atoms with Crippen molar-refractivity contribution in [3.8, 4) is 0 Å². The van der Waals surface area contributed by atoms with Crippen molar-refractivity contribution in [2.75, 3.05) is 5.73 Å². The first-order chi connectivity index (χ1) is 9.63. The van der Waals surface area contributed by atoms with Gasteiger partial charge in [-0.05, 0) is 31.0 Å². The topological polar surface area (TPSA) is 43.1 Å². The maximum absolute atomic E-state index is 12.5. The van der Waals surface area contributed by atoms with Gasteiger partial charge in [-0.15, -0.1) is 11.3 Å². The summed E-state index contributed by atoms with van der Waals surface area (Å²) in [6, 6.07) is 9.00. The lowest BCUT2D eigenvalue weighted by molar-refractivity contribution is 0.104. The van der Waals surface area contributed by atoms with Gasteiger partial charge in [-0.25, -0.2) is 0 Å². The summed E-state index contributed by atoms with van der Waals surface area (Å²) in [5.41, 5.74) is 7.08. The molecule has 0 saturated carbocycles. The second kappa shape index (κ2) is 6.91. The van der Waals surface area contributed by atoms with E-state index < -0.39 is 0 Å². The maximum atomic E-state index is 12.5. The third-order valence-electron chi connectivity index (χ3n) is 3.20. The molecule has 0 amide bonds. The number of halogens is 1. The molecule has 2 rings (SSSR count). The fourth-order valence-electron chi connectivity index (χ4n) is 2.10. The lowest BCUT2D eigenvalue weighted by Crippen LogP contribution is -2.03. The van der Waals surface area contributed by atoms with Crippen LogP contribution in [0.4, 0.5) is 5.00 Å². The molecule has 1 heterocycles. The number of nitrogen functional groups attached to an aromatic ring is 1. The van der Waals surface area contributed by atoms with Gasteiger partial charge in [0.1, 0.15) is 0 Å². The number of anilines is 1. The van der Waals surface area contributed by atoms with Crippen molar-refractivity contribution in [1.29, 1.82) is 0 Å². The number of aryl methyl sites for hydroxylation is 1. The summed E-state index contributed by atoms with van der Waals surface area (Å²) in [7, 11) is 0. The van der Waals surface area contributed by atoms with Gasteiger partial charge in [-0.3, -0.25) is 4.79 Å². The van der Waals surface area contributed by atoms with Crippen LogP contribution < -0.4 is 5.73 Å². The minimum absolute atomic E-state index is 0.0916. The summed E-state index contributed by atoms with van der Waals surface area (Å²) in [6.45, 7) is 2.18. The number of unbranched alkanes of at least 4 members (excludes halogenated alkanes) is 2. The quantitative estimate of drug-likeness (QED) is 0.606. The van der Waals surface area contributed by atoms with E-state index in [4.69, 9.17) is 17.3 Å². The summed E-state index contributed by atoms with van der Waals surface area (Å²) in [4.78, 5) is 13.6. The second-order valence-corrected chi connectivity index (χ2v) is 6.33. The highest BCUT2D eigenvalue weighted by Gasteiger charge is 2.17. The third kappa shape index (κ3) is 3.41. The number of hydrogen-bond acceptors (Lipinski definition) is 3. The molecule has 1 aromatic carbocycles. The van der Waals surface area contributed by atoms with Crippen LogP contribution in [0.2, 0.25) is 5.02 Å². The Morgan fingerprint density at radius 1 is 1.25 bits per heavy atom. The summed E-state index contributed by atoms with van der Waals surface area (Å²) < 4.78 is 0. The molecule has 0 unspecified atom stereocenters. The van der Waals surface area contributed by atoms with Crippen LogP contribution in [-0.4, -0.2) is 5.78 Å². The van der Waals surface area contributed by atoms with Crippen LogP contribution in [0.25, 0.3) is 0 Å². The Labute approximate surface area is 128 Å². The number of thiophene rings is 1. The molecule has 2 aromatic rings. The number of benzene rings is 1. The summed E-state index contributed by atoms with van der Waals surface area (Å²) >= 11 is 7.58. The Kier molecular flexibility index (Phi) is 5.21. The highest BCUT2D eigenvalue weighted by molar-refractivity contribution is 7.16. The van der Waals surface area contributed by atoms with Gasteiger partial charge in [0.15, 0.2) is 5.78 Å². The number of ketones is 1. The lowest BCUT2D eigenvalue weighted by atomic mass is 10.0. The zero-order valence-corrected chi connectivity index (χ0v) is 13.1. The number of hydrogen-bond donors (Lipinski definition) is 1. The van der Waals surface area contributed by atoms with Crippen LogP contribution in [0.1, 0.15) is 47.0 Å². The van der Waals surface area contributed by atoms with Gasteiger partial charge in [0.25, 0.3) is 0 Å². The molecule has 20 heavy (non-hydrogen) atoms. The van der Waals surface area contributed by atoms with Crippen molar-refractivity contribution in [1.82, 2.24) is 0 Å². The van der Waals surface area contributed by atoms with Crippen LogP contribution in [0.5, 0.6) is 0 Å². The zero-order valence-electron chi connectivity index (χ0n) is 11.5. The molecule has 1 aromatic heterocycles. The summed E-state index contributed by atoms with van der Waals surface area (Å²) in [6.07, 6.45) is 4.51. The first kappa shape index (κ1) is 15.1. The molecule has 0 spiro atoms. The number of nitrogens with two attached hydrogens (primary N) is 1. The van der Waals surface area contributed by atoms with Crippen molar-refractivity contribution in [3.05, 3.63) is 51.4 Å². The first-order valence-electron chi connectivity index (χ1n) is 6.81. The normalized spacial score (nSPS) is 10.7. The van der Waals surface area contributed by atoms with Gasteiger partial charge in [0.05, 0.1) is 15.6 Å². The van der Waals surface area contributed by atoms with E-state index in [1.165, 1.54) is 29.1 Å². The first-order valence-corrected chi connectivity index (χ1v) is 8.00. The fraction of sp³-hybridized carbons (Fsp3) is 0.312. The third-order valence-corrected chi connectivity index (χ3v) is 4.56. The Balaban J connectivity index is 2.20. The number of carbonyl (C=O) groups is 1. The predicted molar refractivity (Wildman–Crippen MR) is 86.8 cm³/mol. The fourth-order valence-corrected chi connectivity index (χ4v) is 3.29. The van der Waals surface area contributed by atoms with Gasteiger partial charge < -0.3 is 5.73 Å². The molecule has 0 saturated heterocycles. The molecule has 2 nitrogen and oxygen atoms in total. The van der Waals surface area contributed by atoms with Crippen LogP contribution >= 0.6 is 22.9 Å². The monoisotopic (exact) mass is 307 g/mol. The molecular formula is C16H18ClNOS. The summed E-state index contributed by atoms with van der Waals surface area (Å²) in [5, 5.41) is 1.05. The Morgan fingerprint density at radius 2 is 2.00 bits per heavy atom. The molecule has 0 fully saturated rings. The van der Waals surface area contributed by atoms with E-state index >= 15 is 0 Å². The summed E-state index contributed by atoms with van der Waals surface area (Å²) in [5.74, 6) is -0.0916. The zero-order chi connectivity index (χ0) is 14.5. The number of rotatable bonds is 6. The van der Waals surface area contributed by atoms with Crippen molar-refractivity contribution in [3.63, 3.8) is 0 Å². The van der Waals surface area contributed by atoms with Crippen molar-refractivity contribution >= 4 is 33.7 Å². The largest absolute Gasteiger partial charge is 0.390 e. The Hall–Kier alpha value is -1.32. The molecule has 0 atom stereocenters. The van der Waals surface area contributed by atoms with Crippen LogP contribution in [0.3, 0.4) is 0 Å². The van der Waals surface area contributed by atoms with E-state index in [1.54, 1.807) is 12.1 Å². The highest BCUT2D eigenvalue weighted by atomic mass is 35.5. The molecule has 2 N–H and O–H groups in total. The molecule has 0 radical (unpaired) electrons. The molecule has 0 aliphatic heterocycles. The van der Waals surface area contributed by atoms with Gasteiger partial charge in [-0.2, -0.15) is 0 Å². The standard InChI is InChI=1S/C16H18ClNOS/c1-2-3-4-7-11-10-13(16(18)20-11)15(19)12-8-5-6-9-14(12)17/h5-6,8-10H,2-4,7,18H2,1H3. The smallest absolute Gasteiger partial charge is 0.197 e. The molecule has 0 bridgehead atoms. The average molecular weight is 308 g/mol. The maximum Gasteiger partial charge on any atom is 0.197 e. The minimum Gasteiger partial charge on any atom is -0.390 e. The van der Waals surface area contributed by atoms with Crippen molar-refractivity contribution in [2.45, 2.75) is 32.6 Å². The Morgan fingerprint density at radius 3 is 2.70 bits per heavy atom. The minimum atomic E-state index is -0.0916. The van der Waals surface area contributed by atoms with E-state index in [9.17, 15) is 4.79 Å². The average Bonchev–Trinajstić information content (AvgIpc) is 2.80. The molecule has 0 aliphatic rings. The van der Waals surface area contributed by atoms with E-state index in [0.29, 0.717) is 21.2 Å². The van der Waals surface area contributed by atoms with E-state index in [1.807, 2.05) is 18.2 Å². The molecule has 0 aliphatic carbocycles. The van der Waals surface area contributed by atoms with Crippen molar-refractivity contribution < 1.29 is 4.79 Å². The predicted octanol–water partition coefficient (Wildman–Crippen LogP) is 4.95. The molecular weight excluding hydrogens is 290 g/mol. The van der Waals surface area contributed by atoms with Crippen LogP contribution in [0.15, 0.2) is 30.3 Å². The van der Waals surface area contributed by atoms with Crippen LogP contribution in [0, 0.1) is 0 Å². The number of carbonyl (C=O) groups excluding carboxylic acids is 1. The van der Waals surface area contributed by atoms with Gasteiger partial charge in [0, 0.05) is 10.4 Å². The highest BCUT2D eigenvalue weighted by Crippen LogP contribution is 2.30.